The van der Waals surface area contributed by atoms with E-state index in [-0.39, 0.29) is 33.4 Å². The average Bonchev–Trinajstić information content (AvgIpc) is 2.62. The Hall–Kier alpha value is -2.05. The van der Waals surface area contributed by atoms with Crippen LogP contribution in [0.15, 0.2) is 18.2 Å². The standard InChI is InChI=1S/C19H21Cl2NO5/c1-4-10-7-13(19(26)22(2)3)14(23)8-12(10)11-5-6-15(18(21)17(11)20)27-9-16(24)25/h5-6,8,10,13H,4,7,9H2,1-3H3,(H,24,25). The minimum Gasteiger partial charge on any atom is -0.480 e. The second kappa shape index (κ2) is 8.76. The first-order valence-electron chi connectivity index (χ1n) is 8.46. The van der Waals surface area contributed by atoms with Gasteiger partial charge >= 0.3 is 5.97 Å². The van der Waals surface area contributed by atoms with E-state index in [0.29, 0.717) is 12.0 Å². The Morgan fingerprint density at radius 3 is 2.48 bits per heavy atom. The molecule has 0 aliphatic heterocycles. The van der Waals surface area contributed by atoms with E-state index in [1.54, 1.807) is 20.2 Å². The highest BCUT2D eigenvalue weighted by molar-refractivity contribution is 6.44. The van der Waals surface area contributed by atoms with Crippen LogP contribution in [-0.2, 0) is 14.4 Å². The van der Waals surface area contributed by atoms with Gasteiger partial charge in [0.25, 0.3) is 0 Å². The number of carbonyl (C=O) groups excluding carboxylic acids is 2. The van der Waals surface area contributed by atoms with Crippen LogP contribution in [0.4, 0.5) is 0 Å². The number of carbonyl (C=O) groups is 3. The van der Waals surface area contributed by atoms with E-state index in [2.05, 4.69) is 0 Å². The molecule has 27 heavy (non-hydrogen) atoms. The number of carboxylic acids is 1. The molecule has 0 spiro atoms. The molecule has 1 aromatic carbocycles. The molecule has 0 bridgehead atoms. The maximum absolute atomic E-state index is 12.5. The first kappa shape index (κ1) is 21.3. The number of ketones is 1. The maximum atomic E-state index is 12.5. The number of rotatable bonds is 6. The Kier molecular flexibility index (Phi) is 6.89. The Morgan fingerprint density at radius 1 is 1.26 bits per heavy atom. The zero-order valence-corrected chi connectivity index (χ0v) is 16.8. The summed E-state index contributed by atoms with van der Waals surface area (Å²) in [5.41, 5.74) is 1.31. The molecule has 0 saturated carbocycles. The van der Waals surface area contributed by atoms with E-state index in [9.17, 15) is 14.4 Å². The quantitative estimate of drug-likeness (QED) is 0.720. The first-order valence-corrected chi connectivity index (χ1v) is 9.22. The molecule has 146 valence electrons. The zero-order valence-electron chi connectivity index (χ0n) is 15.3. The molecule has 1 aliphatic carbocycles. The average molecular weight is 414 g/mol. The SMILES string of the molecule is CCC1CC(C(=O)N(C)C)C(=O)C=C1c1ccc(OCC(=O)O)c(Cl)c1Cl. The fraction of sp³-hybridized carbons (Fsp3) is 0.421. The van der Waals surface area contributed by atoms with Gasteiger partial charge in [-0.25, -0.2) is 4.79 Å². The van der Waals surface area contributed by atoms with E-state index >= 15 is 0 Å². The van der Waals surface area contributed by atoms with Gasteiger partial charge in [0.05, 0.1) is 5.02 Å². The first-order chi connectivity index (χ1) is 12.7. The number of allylic oxidation sites excluding steroid dienone is 2. The predicted octanol–water partition coefficient (Wildman–Crippen LogP) is 3.54. The molecule has 0 radical (unpaired) electrons. The third-order valence-corrected chi connectivity index (χ3v) is 5.41. The van der Waals surface area contributed by atoms with Gasteiger partial charge in [0.15, 0.2) is 12.4 Å². The lowest BCUT2D eigenvalue weighted by molar-refractivity contribution is -0.140. The highest BCUT2D eigenvalue weighted by atomic mass is 35.5. The van der Waals surface area contributed by atoms with Crippen molar-refractivity contribution in [2.45, 2.75) is 19.8 Å². The van der Waals surface area contributed by atoms with Crippen LogP contribution in [0.3, 0.4) is 0 Å². The lowest BCUT2D eigenvalue weighted by atomic mass is 9.76. The van der Waals surface area contributed by atoms with Crippen molar-refractivity contribution in [3.63, 3.8) is 0 Å². The highest BCUT2D eigenvalue weighted by Gasteiger charge is 2.35. The molecule has 6 nitrogen and oxygen atoms in total. The summed E-state index contributed by atoms with van der Waals surface area (Å²) >= 11 is 12.6. The van der Waals surface area contributed by atoms with Crippen LogP contribution in [-0.4, -0.2) is 48.4 Å². The molecule has 0 heterocycles. The van der Waals surface area contributed by atoms with Crippen molar-refractivity contribution < 1.29 is 24.2 Å². The molecule has 1 N–H and O–H groups in total. The summed E-state index contributed by atoms with van der Waals surface area (Å²) in [7, 11) is 3.25. The fourth-order valence-corrected chi connectivity index (χ4v) is 3.61. The number of benzene rings is 1. The molecular weight excluding hydrogens is 393 g/mol. The smallest absolute Gasteiger partial charge is 0.341 e. The molecule has 0 aromatic heterocycles. The van der Waals surface area contributed by atoms with Gasteiger partial charge in [0.1, 0.15) is 16.7 Å². The van der Waals surface area contributed by atoms with Crippen LogP contribution in [0.5, 0.6) is 5.75 Å². The van der Waals surface area contributed by atoms with Crippen molar-refractivity contribution in [3.8, 4) is 5.75 Å². The second-order valence-electron chi connectivity index (χ2n) is 6.55. The van der Waals surface area contributed by atoms with Crippen molar-refractivity contribution >= 4 is 46.4 Å². The van der Waals surface area contributed by atoms with Gasteiger partial charge in [-0.3, -0.25) is 9.59 Å². The van der Waals surface area contributed by atoms with Crippen molar-refractivity contribution in [2.75, 3.05) is 20.7 Å². The van der Waals surface area contributed by atoms with Gasteiger partial charge in [0, 0.05) is 14.1 Å². The number of ether oxygens (including phenoxy) is 1. The van der Waals surface area contributed by atoms with E-state index < -0.39 is 18.5 Å². The minimum absolute atomic E-state index is 0.0315. The van der Waals surface area contributed by atoms with E-state index in [4.69, 9.17) is 33.0 Å². The summed E-state index contributed by atoms with van der Waals surface area (Å²) in [6, 6.07) is 3.18. The van der Waals surface area contributed by atoms with Crippen LogP contribution >= 0.6 is 23.2 Å². The molecule has 0 fully saturated rings. The van der Waals surface area contributed by atoms with Crippen LogP contribution in [0, 0.1) is 11.8 Å². The Morgan fingerprint density at radius 2 is 1.93 bits per heavy atom. The number of amides is 1. The number of halogens is 2. The molecule has 1 aromatic rings. The molecule has 8 heteroatoms. The fourth-order valence-electron chi connectivity index (χ4n) is 3.12. The van der Waals surface area contributed by atoms with E-state index in [1.165, 1.54) is 17.0 Å². The predicted molar refractivity (Wildman–Crippen MR) is 103 cm³/mol. The molecule has 1 amide bonds. The van der Waals surface area contributed by atoms with Gasteiger partial charge in [-0.2, -0.15) is 0 Å². The Balaban J connectivity index is 2.40. The zero-order chi connectivity index (χ0) is 20.3. The van der Waals surface area contributed by atoms with Crippen LogP contribution in [0.25, 0.3) is 5.57 Å². The second-order valence-corrected chi connectivity index (χ2v) is 7.31. The molecule has 2 atom stereocenters. The van der Waals surface area contributed by atoms with Gasteiger partial charge in [0.2, 0.25) is 5.91 Å². The van der Waals surface area contributed by atoms with Crippen molar-refractivity contribution in [2.24, 2.45) is 11.8 Å². The normalized spacial score (nSPS) is 19.4. The topological polar surface area (TPSA) is 83.9 Å². The molecule has 1 aliphatic rings. The van der Waals surface area contributed by atoms with Crippen molar-refractivity contribution in [1.82, 2.24) is 4.90 Å². The van der Waals surface area contributed by atoms with Crippen LogP contribution in [0.1, 0.15) is 25.3 Å². The lowest BCUT2D eigenvalue weighted by Gasteiger charge is -2.30. The molecular formula is C19H21Cl2NO5. The van der Waals surface area contributed by atoms with Crippen LogP contribution in [0.2, 0.25) is 10.0 Å². The van der Waals surface area contributed by atoms with Crippen LogP contribution < -0.4 is 4.74 Å². The van der Waals surface area contributed by atoms with Gasteiger partial charge in [-0.05, 0) is 48.1 Å². The van der Waals surface area contributed by atoms with Crippen molar-refractivity contribution in [3.05, 3.63) is 33.8 Å². The van der Waals surface area contributed by atoms with E-state index in [0.717, 1.165) is 12.0 Å². The monoisotopic (exact) mass is 413 g/mol. The summed E-state index contributed by atoms with van der Waals surface area (Å²) in [4.78, 5) is 36.9. The molecule has 0 saturated heterocycles. The number of nitrogens with zero attached hydrogens (tertiary/aromatic N) is 1. The number of aliphatic carboxylic acids is 1. The van der Waals surface area contributed by atoms with Crippen molar-refractivity contribution in [1.29, 1.82) is 0 Å². The largest absolute Gasteiger partial charge is 0.480 e. The summed E-state index contributed by atoms with van der Waals surface area (Å²) in [5.74, 6) is -2.17. The van der Waals surface area contributed by atoms with Gasteiger partial charge in [-0.1, -0.05) is 30.1 Å². The third-order valence-electron chi connectivity index (χ3n) is 4.54. The number of carboxylic acid groups (broad SMARTS) is 1. The van der Waals surface area contributed by atoms with E-state index in [1.807, 2.05) is 6.92 Å². The Bertz CT molecular complexity index is 804. The maximum Gasteiger partial charge on any atom is 0.341 e. The third kappa shape index (κ3) is 4.62. The van der Waals surface area contributed by atoms with Gasteiger partial charge in [-0.15, -0.1) is 0 Å². The number of hydrogen-bond acceptors (Lipinski definition) is 4. The highest BCUT2D eigenvalue weighted by Crippen LogP contribution is 2.43. The minimum atomic E-state index is -1.13. The molecule has 2 unspecified atom stereocenters. The molecule has 2 rings (SSSR count). The Labute approximate surface area is 167 Å². The summed E-state index contributed by atoms with van der Waals surface area (Å²) in [6.45, 7) is 1.44. The lowest BCUT2D eigenvalue weighted by Crippen LogP contribution is -2.37. The summed E-state index contributed by atoms with van der Waals surface area (Å²) in [6.07, 6.45) is 2.60. The number of hydrogen-bond donors (Lipinski definition) is 1. The summed E-state index contributed by atoms with van der Waals surface area (Å²) in [5, 5.41) is 9.00. The van der Waals surface area contributed by atoms with Gasteiger partial charge < -0.3 is 14.7 Å². The summed E-state index contributed by atoms with van der Waals surface area (Å²) < 4.78 is 5.12.